The molecule has 0 saturated carbocycles. The number of ether oxygens (including phenoxy) is 1. The lowest BCUT2D eigenvalue weighted by molar-refractivity contribution is -0.113. The second-order valence-corrected chi connectivity index (χ2v) is 12.4. The Morgan fingerprint density at radius 3 is 2.67 bits per heavy atom. The first-order valence-electron chi connectivity index (χ1n) is 13.7. The standard InChI is InChI=1S/C32H29ClN4O3S2/c1-2-40-25-13-11-24(12-14-25)37-31(39)29-26-15-16-36(18-21-7-4-3-5-8-21)19-27(26)42-30(29)35-32(37)41-20-28(38)34-23-10-6-9-22(33)17-23/h3-14,17H,2,15-16,18-20H2,1H3,(H,34,38). The number of fused-ring (bicyclic) bond motifs is 3. The van der Waals surface area contributed by atoms with Crippen molar-refractivity contribution in [3.05, 3.63) is 110 Å². The van der Waals surface area contributed by atoms with Gasteiger partial charge in [-0.2, -0.15) is 0 Å². The predicted octanol–water partition coefficient (Wildman–Crippen LogP) is 6.79. The number of nitrogens with zero attached hydrogens (tertiary/aromatic N) is 3. The summed E-state index contributed by atoms with van der Waals surface area (Å²) >= 11 is 8.89. The van der Waals surface area contributed by atoms with Crippen molar-refractivity contribution < 1.29 is 9.53 Å². The molecular weight excluding hydrogens is 588 g/mol. The average molecular weight is 617 g/mol. The minimum absolute atomic E-state index is 0.0808. The number of nitrogens with one attached hydrogen (secondary N) is 1. The molecule has 5 aromatic rings. The number of amides is 1. The number of benzene rings is 3. The molecule has 1 N–H and O–H groups in total. The lowest BCUT2D eigenvalue weighted by atomic mass is 10.0. The van der Waals surface area contributed by atoms with Crippen molar-refractivity contribution in [2.24, 2.45) is 0 Å². The van der Waals surface area contributed by atoms with Gasteiger partial charge in [-0.1, -0.05) is 59.8 Å². The molecule has 0 fully saturated rings. The molecule has 0 spiro atoms. The average Bonchev–Trinajstić information content (AvgIpc) is 3.35. The fraction of sp³-hybridized carbons (Fsp3) is 0.219. The maximum absolute atomic E-state index is 14.2. The molecule has 0 unspecified atom stereocenters. The Kier molecular flexibility index (Phi) is 8.62. The second kappa shape index (κ2) is 12.7. The van der Waals surface area contributed by atoms with Crippen LogP contribution in [0.3, 0.4) is 0 Å². The molecule has 0 aliphatic carbocycles. The Bertz CT molecular complexity index is 1790. The summed E-state index contributed by atoms with van der Waals surface area (Å²) < 4.78 is 7.24. The number of hydrogen-bond acceptors (Lipinski definition) is 7. The first kappa shape index (κ1) is 28.5. The first-order chi connectivity index (χ1) is 20.5. The van der Waals surface area contributed by atoms with Gasteiger partial charge in [0, 0.05) is 35.2 Å². The number of carbonyl (C=O) groups excluding carboxylic acids is 1. The van der Waals surface area contributed by atoms with Crippen LogP contribution < -0.4 is 15.6 Å². The van der Waals surface area contributed by atoms with Crippen molar-refractivity contribution in [2.75, 3.05) is 24.2 Å². The van der Waals surface area contributed by atoms with Crippen LogP contribution in [0.2, 0.25) is 5.02 Å². The number of thiophene rings is 1. The van der Waals surface area contributed by atoms with E-state index in [9.17, 15) is 9.59 Å². The van der Waals surface area contributed by atoms with Crippen LogP contribution in [0.25, 0.3) is 15.9 Å². The monoisotopic (exact) mass is 616 g/mol. The number of carbonyl (C=O) groups is 1. The molecule has 7 nitrogen and oxygen atoms in total. The first-order valence-corrected chi connectivity index (χ1v) is 15.9. The molecular formula is C32H29ClN4O3S2. The van der Waals surface area contributed by atoms with Gasteiger partial charge in [0.1, 0.15) is 10.6 Å². The van der Waals surface area contributed by atoms with Crippen molar-refractivity contribution in [1.29, 1.82) is 0 Å². The van der Waals surface area contributed by atoms with E-state index in [0.717, 1.165) is 37.4 Å². The normalized spacial score (nSPS) is 13.2. The second-order valence-electron chi connectivity index (χ2n) is 9.94. The zero-order chi connectivity index (χ0) is 29.1. The maximum atomic E-state index is 14.2. The number of rotatable bonds is 9. The lowest BCUT2D eigenvalue weighted by Gasteiger charge is -2.26. The van der Waals surface area contributed by atoms with Crippen molar-refractivity contribution in [3.63, 3.8) is 0 Å². The summed E-state index contributed by atoms with van der Waals surface area (Å²) in [6, 6.07) is 24.9. The molecule has 0 saturated heterocycles. The molecule has 1 amide bonds. The highest BCUT2D eigenvalue weighted by Gasteiger charge is 2.26. The van der Waals surface area contributed by atoms with Gasteiger partial charge < -0.3 is 10.1 Å². The van der Waals surface area contributed by atoms with Gasteiger partial charge in [-0.15, -0.1) is 11.3 Å². The minimum Gasteiger partial charge on any atom is -0.494 e. The topological polar surface area (TPSA) is 76.5 Å². The van der Waals surface area contributed by atoms with E-state index in [1.165, 1.54) is 22.2 Å². The van der Waals surface area contributed by atoms with Gasteiger partial charge in [0.25, 0.3) is 5.56 Å². The predicted molar refractivity (Wildman–Crippen MR) is 171 cm³/mol. The number of halogens is 1. The van der Waals surface area contributed by atoms with E-state index in [0.29, 0.717) is 38.4 Å². The van der Waals surface area contributed by atoms with Crippen molar-refractivity contribution in [3.8, 4) is 11.4 Å². The van der Waals surface area contributed by atoms with Crippen LogP contribution in [0.4, 0.5) is 5.69 Å². The Hall–Kier alpha value is -3.63. The molecule has 1 aliphatic heterocycles. The summed E-state index contributed by atoms with van der Waals surface area (Å²) in [5, 5.41) is 4.56. The SMILES string of the molecule is CCOc1ccc(-n2c(SCC(=O)Nc3cccc(Cl)c3)nc3sc4c(c3c2=O)CCN(Cc2ccccc2)C4)cc1. The van der Waals surface area contributed by atoms with Gasteiger partial charge in [-0.05, 0) is 66.9 Å². The van der Waals surface area contributed by atoms with Gasteiger partial charge in [0.2, 0.25) is 5.91 Å². The summed E-state index contributed by atoms with van der Waals surface area (Å²) in [6.45, 7) is 4.99. The number of anilines is 1. The zero-order valence-electron chi connectivity index (χ0n) is 23.0. The van der Waals surface area contributed by atoms with E-state index in [4.69, 9.17) is 21.3 Å². The molecule has 0 radical (unpaired) electrons. The highest BCUT2D eigenvalue weighted by molar-refractivity contribution is 7.99. The third-order valence-corrected chi connectivity index (χ3v) is 9.30. The molecule has 0 bridgehead atoms. The van der Waals surface area contributed by atoms with Gasteiger partial charge >= 0.3 is 0 Å². The Labute approximate surface area is 257 Å². The van der Waals surface area contributed by atoms with Crippen LogP contribution in [0, 0.1) is 0 Å². The van der Waals surface area contributed by atoms with Crippen LogP contribution in [0.1, 0.15) is 22.9 Å². The van der Waals surface area contributed by atoms with Crippen molar-refractivity contribution in [2.45, 2.75) is 31.6 Å². The lowest BCUT2D eigenvalue weighted by Crippen LogP contribution is -2.30. The Morgan fingerprint density at radius 1 is 1.10 bits per heavy atom. The molecule has 1 aliphatic rings. The fourth-order valence-corrected chi connectivity index (χ4v) is 7.44. The highest BCUT2D eigenvalue weighted by atomic mass is 35.5. The van der Waals surface area contributed by atoms with Crippen molar-refractivity contribution in [1.82, 2.24) is 14.5 Å². The summed E-state index contributed by atoms with van der Waals surface area (Å²) in [4.78, 5) is 36.3. The van der Waals surface area contributed by atoms with Crippen LogP contribution in [-0.2, 0) is 24.3 Å². The highest BCUT2D eigenvalue weighted by Crippen LogP contribution is 2.35. The Balaban J connectivity index is 1.33. The van der Waals surface area contributed by atoms with E-state index in [-0.39, 0.29) is 17.2 Å². The summed E-state index contributed by atoms with van der Waals surface area (Å²) in [7, 11) is 0. The molecule has 2 aromatic heterocycles. The van der Waals surface area contributed by atoms with Crippen LogP contribution >= 0.6 is 34.7 Å². The van der Waals surface area contributed by atoms with Crippen LogP contribution in [-0.4, -0.2) is 39.3 Å². The van der Waals surface area contributed by atoms with Crippen LogP contribution in [0.5, 0.6) is 5.75 Å². The van der Waals surface area contributed by atoms with E-state index < -0.39 is 0 Å². The fourth-order valence-electron chi connectivity index (χ4n) is 5.13. The third kappa shape index (κ3) is 6.24. The van der Waals surface area contributed by atoms with Gasteiger partial charge in [0.15, 0.2) is 5.16 Å². The number of hydrogen-bond donors (Lipinski definition) is 1. The molecule has 6 rings (SSSR count). The quantitative estimate of drug-likeness (QED) is 0.145. The molecule has 10 heteroatoms. The van der Waals surface area contributed by atoms with Crippen LogP contribution in [0.15, 0.2) is 88.8 Å². The van der Waals surface area contributed by atoms with E-state index in [1.807, 2.05) is 37.3 Å². The van der Waals surface area contributed by atoms with Gasteiger partial charge in [-0.25, -0.2) is 4.98 Å². The molecule has 3 aromatic carbocycles. The Morgan fingerprint density at radius 2 is 1.90 bits per heavy atom. The number of aromatic nitrogens is 2. The third-order valence-electron chi connectivity index (χ3n) is 7.02. The van der Waals surface area contributed by atoms with E-state index in [1.54, 1.807) is 40.2 Å². The van der Waals surface area contributed by atoms with E-state index in [2.05, 4.69) is 34.5 Å². The molecule has 42 heavy (non-hydrogen) atoms. The van der Waals surface area contributed by atoms with E-state index >= 15 is 0 Å². The summed E-state index contributed by atoms with van der Waals surface area (Å²) in [6.07, 6.45) is 0.789. The van der Waals surface area contributed by atoms with Crippen molar-refractivity contribution >= 4 is 56.5 Å². The summed E-state index contributed by atoms with van der Waals surface area (Å²) in [5.41, 5.74) is 3.54. The molecule has 0 atom stereocenters. The maximum Gasteiger partial charge on any atom is 0.267 e. The summed E-state index contributed by atoms with van der Waals surface area (Å²) in [5.74, 6) is 0.596. The zero-order valence-corrected chi connectivity index (χ0v) is 25.4. The van der Waals surface area contributed by atoms with Gasteiger partial charge in [0.05, 0.1) is 23.4 Å². The smallest absolute Gasteiger partial charge is 0.267 e. The molecule has 3 heterocycles. The van der Waals surface area contributed by atoms with Gasteiger partial charge in [-0.3, -0.25) is 19.1 Å². The largest absolute Gasteiger partial charge is 0.494 e. The molecule has 214 valence electrons. The number of thioether (sulfide) groups is 1. The minimum atomic E-state index is -0.211.